The van der Waals surface area contributed by atoms with Crippen LogP contribution in [0.1, 0.15) is 13.3 Å². The molecule has 0 saturated carbocycles. The number of likely N-dealkylation sites (N-methyl/N-ethyl adjacent to an activating group) is 1. The van der Waals surface area contributed by atoms with E-state index in [2.05, 4.69) is 4.90 Å². The monoisotopic (exact) mass is 197 g/mol. The van der Waals surface area contributed by atoms with Gasteiger partial charge in [-0.05, 0) is 0 Å². The van der Waals surface area contributed by atoms with Crippen LogP contribution in [0.4, 0.5) is 0 Å². The van der Waals surface area contributed by atoms with Gasteiger partial charge in [0.2, 0.25) is 0 Å². The van der Waals surface area contributed by atoms with Gasteiger partial charge in [-0.2, -0.15) is 0 Å². The molecule has 1 atom stereocenters. The maximum absolute atomic E-state index is 8.65. The van der Waals surface area contributed by atoms with Crippen LogP contribution in [-0.2, 0) is 4.52 Å². The van der Waals surface area contributed by atoms with E-state index in [0.29, 0.717) is 6.54 Å². The van der Waals surface area contributed by atoms with Crippen LogP contribution in [0.15, 0.2) is 0 Å². The molecule has 1 heterocycles. The second kappa shape index (κ2) is 3.96. The molecule has 0 aromatic heterocycles. The van der Waals surface area contributed by atoms with E-state index in [0.717, 1.165) is 19.5 Å². The summed E-state index contributed by atoms with van der Waals surface area (Å²) in [6.07, 6.45) is 0.529. The summed E-state index contributed by atoms with van der Waals surface area (Å²) in [6, 6.07) is 0. The molecule has 5 nitrogen and oxygen atoms in total. The van der Waals surface area contributed by atoms with Crippen LogP contribution in [0.3, 0.4) is 0 Å². The first kappa shape index (κ1) is 10.3. The summed E-state index contributed by atoms with van der Waals surface area (Å²) in [5.41, 5.74) is 0. The molecule has 0 aliphatic carbocycles. The maximum atomic E-state index is 8.65. The molecular weight excluding hydrogens is 181 g/mol. The normalized spacial score (nSPS) is 27.8. The predicted octanol–water partition coefficient (Wildman–Crippen LogP) is -0.516. The molecular formula is C6H16NO4P. The fraction of sp³-hybridized carbons (Fsp3) is 1.00. The van der Waals surface area contributed by atoms with Gasteiger partial charge in [-0.3, -0.25) is 0 Å². The summed E-state index contributed by atoms with van der Waals surface area (Å²) < 4.78 is 4.69. The van der Waals surface area contributed by atoms with Gasteiger partial charge < -0.3 is 0 Å². The Kier molecular flexibility index (Phi) is 3.40. The fourth-order valence-corrected chi connectivity index (χ4v) is 2.04. The molecule has 74 valence electrons. The third-order valence-corrected chi connectivity index (χ3v) is 2.65. The van der Waals surface area contributed by atoms with Gasteiger partial charge in [-0.25, -0.2) is 0 Å². The molecule has 1 aliphatic heterocycles. The molecule has 1 unspecified atom stereocenters. The molecule has 6 heteroatoms. The van der Waals surface area contributed by atoms with Crippen LogP contribution < -0.4 is 0 Å². The molecule has 0 aromatic rings. The summed E-state index contributed by atoms with van der Waals surface area (Å²) in [6.45, 7) is 4.53. The molecule has 1 fully saturated rings. The average Bonchev–Trinajstić information content (AvgIpc) is 2.32. The van der Waals surface area contributed by atoms with Crippen molar-refractivity contribution in [2.24, 2.45) is 0 Å². The molecule has 1 saturated heterocycles. The van der Waals surface area contributed by atoms with E-state index in [-0.39, 0.29) is 6.10 Å². The van der Waals surface area contributed by atoms with Crippen molar-refractivity contribution in [1.29, 1.82) is 0 Å². The summed E-state index contributed by atoms with van der Waals surface area (Å²) >= 11 is 0. The van der Waals surface area contributed by atoms with E-state index < -0.39 is 8.17 Å². The first-order valence-electron chi connectivity index (χ1n) is 4.08. The SMILES string of the molecule is CCN1CCC(O[PH](O)(O)O)C1. The van der Waals surface area contributed by atoms with Gasteiger partial charge in [0.1, 0.15) is 0 Å². The van der Waals surface area contributed by atoms with E-state index in [1.807, 2.05) is 6.92 Å². The Morgan fingerprint density at radius 2 is 2.17 bits per heavy atom. The van der Waals surface area contributed by atoms with Gasteiger partial charge in [0.05, 0.1) is 0 Å². The van der Waals surface area contributed by atoms with Crippen molar-refractivity contribution >= 4 is 8.17 Å². The molecule has 12 heavy (non-hydrogen) atoms. The summed E-state index contributed by atoms with van der Waals surface area (Å²) in [4.78, 5) is 28.1. The van der Waals surface area contributed by atoms with Crippen LogP contribution in [0, 0.1) is 0 Å². The van der Waals surface area contributed by atoms with Gasteiger partial charge in [0.15, 0.2) is 0 Å². The molecule has 0 spiro atoms. The van der Waals surface area contributed by atoms with Crippen molar-refractivity contribution in [2.45, 2.75) is 19.4 Å². The standard InChI is InChI=1S/C6H16NO4P/c1-2-7-4-3-6(5-7)11-12(8,9)10/h6,8-10,12H,2-5H2,1H3. The third-order valence-electron chi connectivity index (χ3n) is 2.00. The topological polar surface area (TPSA) is 73.2 Å². The number of rotatable bonds is 3. The Balaban J connectivity index is 2.28. The Morgan fingerprint density at radius 1 is 1.50 bits per heavy atom. The Labute approximate surface area is 72.2 Å². The van der Waals surface area contributed by atoms with E-state index in [4.69, 9.17) is 19.2 Å². The van der Waals surface area contributed by atoms with Crippen molar-refractivity contribution in [3.8, 4) is 0 Å². The second-order valence-electron chi connectivity index (χ2n) is 3.00. The van der Waals surface area contributed by atoms with Crippen LogP contribution in [0.25, 0.3) is 0 Å². The van der Waals surface area contributed by atoms with Crippen LogP contribution in [0.2, 0.25) is 0 Å². The van der Waals surface area contributed by atoms with Crippen LogP contribution >= 0.6 is 8.17 Å². The zero-order chi connectivity index (χ0) is 9.19. The number of nitrogens with zero attached hydrogens (tertiary/aromatic N) is 1. The van der Waals surface area contributed by atoms with E-state index in [1.165, 1.54) is 0 Å². The number of hydrogen-bond donors (Lipinski definition) is 3. The quantitative estimate of drug-likeness (QED) is 0.531. The Morgan fingerprint density at radius 3 is 2.58 bits per heavy atom. The zero-order valence-electron chi connectivity index (χ0n) is 7.10. The molecule has 0 aromatic carbocycles. The third kappa shape index (κ3) is 3.31. The number of hydrogen-bond acceptors (Lipinski definition) is 5. The Bertz CT molecular complexity index is 149. The minimum absolute atomic E-state index is 0.225. The van der Waals surface area contributed by atoms with Crippen LogP contribution in [0.5, 0.6) is 0 Å². The van der Waals surface area contributed by atoms with Crippen molar-refractivity contribution in [3.05, 3.63) is 0 Å². The molecule has 1 aliphatic rings. The van der Waals surface area contributed by atoms with Gasteiger partial charge in [-0.1, -0.05) is 0 Å². The minimum atomic E-state index is -4.29. The van der Waals surface area contributed by atoms with E-state index in [1.54, 1.807) is 0 Å². The van der Waals surface area contributed by atoms with E-state index in [9.17, 15) is 0 Å². The van der Waals surface area contributed by atoms with Crippen molar-refractivity contribution in [3.63, 3.8) is 0 Å². The Hall–Kier alpha value is 0.230. The van der Waals surface area contributed by atoms with Crippen LogP contribution in [-0.4, -0.2) is 45.3 Å². The van der Waals surface area contributed by atoms with Gasteiger partial charge in [0, 0.05) is 0 Å². The first-order chi connectivity index (χ1) is 5.51. The molecule has 0 bridgehead atoms. The molecule has 0 radical (unpaired) electrons. The van der Waals surface area contributed by atoms with Crippen molar-refractivity contribution in [1.82, 2.24) is 4.90 Å². The second-order valence-corrected chi connectivity index (χ2v) is 4.38. The summed E-state index contributed by atoms with van der Waals surface area (Å²) in [5.74, 6) is 0. The predicted molar refractivity (Wildman–Crippen MR) is 46.6 cm³/mol. The van der Waals surface area contributed by atoms with Gasteiger partial charge in [-0.15, -0.1) is 0 Å². The zero-order valence-corrected chi connectivity index (χ0v) is 8.10. The van der Waals surface area contributed by atoms with Crippen molar-refractivity contribution < 1.29 is 19.2 Å². The summed E-state index contributed by atoms with van der Waals surface area (Å²) in [5, 5.41) is 0. The van der Waals surface area contributed by atoms with Gasteiger partial charge >= 0.3 is 71.4 Å². The average molecular weight is 197 g/mol. The van der Waals surface area contributed by atoms with Gasteiger partial charge in [0.25, 0.3) is 0 Å². The molecule has 1 rings (SSSR count). The first-order valence-corrected chi connectivity index (χ1v) is 5.83. The van der Waals surface area contributed by atoms with Crippen molar-refractivity contribution in [2.75, 3.05) is 19.6 Å². The fourth-order valence-electron chi connectivity index (χ4n) is 1.40. The molecule has 3 N–H and O–H groups in total. The number of likely N-dealkylation sites (tertiary alicyclic amines) is 1. The molecule has 0 amide bonds. The summed E-state index contributed by atoms with van der Waals surface area (Å²) in [7, 11) is -4.29. The van der Waals surface area contributed by atoms with E-state index >= 15 is 0 Å².